The van der Waals surface area contributed by atoms with Crippen molar-refractivity contribution >= 4 is 23.6 Å². The Labute approximate surface area is 326 Å². The summed E-state index contributed by atoms with van der Waals surface area (Å²) in [6, 6.07) is -1.10. The average molecular weight is 805 g/mol. The molecule has 0 saturated carbocycles. The molecule has 4 aliphatic heterocycles. The van der Waals surface area contributed by atoms with Crippen LogP contribution in [0.4, 0.5) is 0 Å². The van der Waals surface area contributed by atoms with Gasteiger partial charge >= 0.3 is 0 Å². The van der Waals surface area contributed by atoms with E-state index in [4.69, 9.17) is 37.9 Å². The Balaban J connectivity index is 0.881. The maximum atomic E-state index is 11.9. The van der Waals surface area contributed by atoms with Crippen LogP contribution in [0.25, 0.3) is 0 Å². The van der Waals surface area contributed by atoms with Gasteiger partial charge in [0.25, 0.3) is 0 Å². The first-order valence-corrected chi connectivity index (χ1v) is 19.3. The Kier molecular flexibility index (Phi) is 19.8. The average Bonchev–Trinajstić information content (AvgIpc) is 3.81. The summed E-state index contributed by atoms with van der Waals surface area (Å²) in [5.74, 6) is -1.22. The number of hydrogen-bond donors (Lipinski definition) is 6. The number of aliphatic hydroxyl groups excluding tert-OH is 4. The number of fused-ring (bicyclic) bond motifs is 2. The molecule has 0 radical (unpaired) electrons. The van der Waals surface area contributed by atoms with Gasteiger partial charge in [-0.2, -0.15) is 0 Å². The second-order valence-electron chi connectivity index (χ2n) is 13.9. The molecule has 4 heterocycles. The van der Waals surface area contributed by atoms with E-state index in [9.17, 15) is 39.6 Å². The predicted octanol–water partition coefficient (Wildman–Crippen LogP) is -3.91. The van der Waals surface area contributed by atoms with E-state index < -0.39 is 60.5 Å². The molecule has 6 N–H and O–H groups in total. The number of carbonyl (C=O) groups excluding carboxylic acids is 4. The fourth-order valence-electron chi connectivity index (χ4n) is 7.18. The molecule has 4 fully saturated rings. The molecule has 2 unspecified atom stereocenters. The van der Waals surface area contributed by atoms with Crippen LogP contribution in [-0.4, -0.2) is 220 Å². The number of carbonyl (C=O) groups is 4. The van der Waals surface area contributed by atoms with Crippen molar-refractivity contribution in [1.82, 2.24) is 20.4 Å². The third-order valence-corrected chi connectivity index (χ3v) is 9.99. The van der Waals surface area contributed by atoms with Crippen LogP contribution in [0.15, 0.2) is 12.2 Å². The Bertz CT molecular complexity index is 1170. The highest BCUT2D eigenvalue weighted by atomic mass is 16.6. The van der Waals surface area contributed by atoms with Crippen molar-refractivity contribution in [3.05, 3.63) is 12.2 Å². The van der Waals surface area contributed by atoms with Crippen LogP contribution in [0.3, 0.4) is 0 Å². The first-order valence-electron chi connectivity index (χ1n) is 19.3. The molecule has 4 rings (SSSR count). The first kappa shape index (κ1) is 45.8. The summed E-state index contributed by atoms with van der Waals surface area (Å²) >= 11 is 0. The van der Waals surface area contributed by atoms with Crippen molar-refractivity contribution in [3.63, 3.8) is 0 Å². The van der Waals surface area contributed by atoms with Gasteiger partial charge in [-0.15, -0.1) is 0 Å². The van der Waals surface area contributed by atoms with Crippen molar-refractivity contribution in [2.24, 2.45) is 0 Å². The van der Waals surface area contributed by atoms with Gasteiger partial charge in [0.2, 0.25) is 23.6 Å². The predicted molar refractivity (Wildman–Crippen MR) is 193 cm³/mol. The Morgan fingerprint density at radius 2 is 0.893 bits per heavy atom. The summed E-state index contributed by atoms with van der Waals surface area (Å²) in [5, 5.41) is 47.1. The lowest BCUT2D eigenvalue weighted by molar-refractivity contribution is -0.203. The normalized spacial score (nSPS) is 30.0. The van der Waals surface area contributed by atoms with E-state index in [1.165, 1.54) is 23.6 Å². The van der Waals surface area contributed by atoms with Gasteiger partial charge in [0, 0.05) is 52.2 Å². The van der Waals surface area contributed by atoms with Crippen LogP contribution >= 0.6 is 0 Å². The van der Waals surface area contributed by atoms with E-state index in [-0.39, 0.29) is 90.0 Å². The van der Waals surface area contributed by atoms with E-state index in [0.29, 0.717) is 52.4 Å². The molecule has 320 valence electrons. The fourth-order valence-corrected chi connectivity index (χ4v) is 7.18. The number of amides is 4. The second kappa shape index (κ2) is 24.2. The number of rotatable bonds is 24. The van der Waals surface area contributed by atoms with Gasteiger partial charge < -0.3 is 78.8 Å². The number of ether oxygens (including phenoxy) is 8. The van der Waals surface area contributed by atoms with Gasteiger partial charge in [-0.25, -0.2) is 0 Å². The van der Waals surface area contributed by atoms with E-state index in [1.54, 1.807) is 0 Å². The molecule has 0 spiro atoms. The molecule has 0 aromatic heterocycles. The first-order chi connectivity index (χ1) is 27.0. The Morgan fingerprint density at radius 1 is 0.554 bits per heavy atom. The van der Waals surface area contributed by atoms with Crippen molar-refractivity contribution in [2.75, 3.05) is 105 Å². The zero-order chi connectivity index (χ0) is 40.5. The highest BCUT2D eigenvalue weighted by molar-refractivity contribution is 5.96. The number of aliphatic hydroxyl groups is 4. The largest absolute Gasteiger partial charge is 0.388 e. The van der Waals surface area contributed by atoms with Crippen molar-refractivity contribution in [2.45, 2.75) is 87.6 Å². The minimum absolute atomic E-state index is 0.0774. The minimum Gasteiger partial charge on any atom is -0.388 e. The highest BCUT2D eigenvalue weighted by Crippen LogP contribution is 2.33. The third-order valence-electron chi connectivity index (χ3n) is 9.99. The van der Waals surface area contributed by atoms with Gasteiger partial charge in [-0.05, 0) is 12.8 Å². The quantitative estimate of drug-likeness (QED) is 0.0403. The van der Waals surface area contributed by atoms with Crippen LogP contribution in [0.1, 0.15) is 26.7 Å². The molecule has 0 aliphatic carbocycles. The van der Waals surface area contributed by atoms with E-state index in [0.717, 1.165) is 12.2 Å². The molecule has 10 atom stereocenters. The molecule has 20 nitrogen and oxygen atoms in total. The van der Waals surface area contributed by atoms with Crippen LogP contribution in [0.5, 0.6) is 0 Å². The lowest BCUT2D eigenvalue weighted by atomic mass is 9.93. The number of likely N-dealkylation sites (tertiary alicyclic amines) is 2. The second-order valence-corrected chi connectivity index (χ2v) is 13.9. The molecular weight excluding hydrogens is 744 g/mol. The molecule has 20 heteroatoms. The standard InChI is InChI=1S/C36H60N4O16/c1-23(41)39-9-5-25-31(39)35(47)33(45)27(55-25)21-53-19-17-51-15-13-49-11-7-37-29(43)3-4-30(44)38-8-12-50-14-16-52-18-20-54-22-28-34(46)36(48)32-26(56-28)6-10-40(32)24(2)42/h3-4,25-28,31-36,45-48H,5-22H2,1-2H3,(H,37,43)(H,38,44)/b4-3-/t25-,26-,27?,28?,31+,32+,33+,34+,35-,36-/m1/s1. The molecule has 0 bridgehead atoms. The van der Waals surface area contributed by atoms with Gasteiger partial charge in [0.15, 0.2) is 0 Å². The van der Waals surface area contributed by atoms with Crippen LogP contribution in [0.2, 0.25) is 0 Å². The summed E-state index contributed by atoms with van der Waals surface area (Å²) in [5.41, 5.74) is 0. The Morgan fingerprint density at radius 3 is 1.25 bits per heavy atom. The van der Waals surface area contributed by atoms with Gasteiger partial charge in [-0.3, -0.25) is 19.2 Å². The monoisotopic (exact) mass is 804 g/mol. The SMILES string of the molecule is CC(=O)N1CC[C@H]2OC(COCCOCCOCCNC(=O)/C=C\C(=O)NCCOCCOCCOCC3O[C@@H]4CCN(C(C)=O)[C@@H]4[C@@H](O)[C@H]3O)[C@H](O)[C@H](O)[C@H]21. The third kappa shape index (κ3) is 13.9. The summed E-state index contributed by atoms with van der Waals surface area (Å²) in [7, 11) is 0. The van der Waals surface area contributed by atoms with Crippen LogP contribution in [0, 0.1) is 0 Å². The van der Waals surface area contributed by atoms with Crippen LogP contribution in [-0.2, 0) is 57.1 Å². The molecule has 4 saturated heterocycles. The summed E-state index contributed by atoms with van der Waals surface area (Å²) in [6.07, 6.45) is -3.20. The lowest BCUT2D eigenvalue weighted by Gasteiger charge is -2.42. The van der Waals surface area contributed by atoms with Crippen LogP contribution < -0.4 is 10.6 Å². The smallest absolute Gasteiger partial charge is 0.244 e. The van der Waals surface area contributed by atoms with Gasteiger partial charge in [0.05, 0.1) is 104 Å². The zero-order valence-corrected chi connectivity index (χ0v) is 32.2. The lowest BCUT2D eigenvalue weighted by Crippen LogP contribution is -2.61. The topological polar surface area (TPSA) is 254 Å². The van der Waals surface area contributed by atoms with E-state index in [2.05, 4.69) is 10.6 Å². The number of nitrogens with one attached hydrogen (secondary N) is 2. The van der Waals surface area contributed by atoms with Crippen molar-refractivity contribution in [1.29, 1.82) is 0 Å². The van der Waals surface area contributed by atoms with Gasteiger partial charge in [0.1, 0.15) is 36.6 Å². The maximum absolute atomic E-state index is 11.9. The highest BCUT2D eigenvalue weighted by Gasteiger charge is 2.52. The molecule has 0 aromatic carbocycles. The molecule has 4 aliphatic rings. The summed E-state index contributed by atoms with van der Waals surface area (Å²) in [6.45, 7) is 7.20. The molecule has 56 heavy (non-hydrogen) atoms. The molecule has 4 amide bonds. The minimum atomic E-state index is -1.17. The zero-order valence-electron chi connectivity index (χ0n) is 32.2. The molecule has 0 aromatic rings. The molecular formula is C36H60N4O16. The summed E-state index contributed by atoms with van der Waals surface area (Å²) < 4.78 is 44.7. The van der Waals surface area contributed by atoms with Gasteiger partial charge in [-0.1, -0.05) is 0 Å². The Hall–Kier alpha value is -2.86. The summed E-state index contributed by atoms with van der Waals surface area (Å²) in [4.78, 5) is 50.5. The maximum Gasteiger partial charge on any atom is 0.244 e. The van der Waals surface area contributed by atoms with Crippen molar-refractivity contribution < 1.29 is 77.5 Å². The van der Waals surface area contributed by atoms with Crippen molar-refractivity contribution in [3.8, 4) is 0 Å². The number of hydrogen-bond acceptors (Lipinski definition) is 16. The van der Waals surface area contributed by atoms with E-state index in [1.807, 2.05) is 0 Å². The number of nitrogens with zero attached hydrogens (tertiary/aromatic N) is 2. The fraction of sp³-hybridized carbons (Fsp3) is 0.833. The van der Waals surface area contributed by atoms with E-state index >= 15 is 0 Å².